The van der Waals surface area contributed by atoms with Gasteiger partial charge < -0.3 is 10.0 Å². The van der Waals surface area contributed by atoms with Gasteiger partial charge in [-0.2, -0.15) is 0 Å². The summed E-state index contributed by atoms with van der Waals surface area (Å²) in [4.78, 5) is 16.7. The van der Waals surface area contributed by atoms with Crippen LogP contribution >= 0.6 is 11.6 Å². The number of aliphatic hydroxyl groups is 1. The van der Waals surface area contributed by atoms with Crippen LogP contribution in [0.15, 0.2) is 24.3 Å². The third-order valence-electron chi connectivity index (χ3n) is 4.62. The predicted molar refractivity (Wildman–Crippen MR) is 82.6 cm³/mol. The molecule has 1 saturated carbocycles. The van der Waals surface area contributed by atoms with Crippen LogP contribution in [0.5, 0.6) is 0 Å². The molecule has 1 aromatic rings. The first-order chi connectivity index (χ1) is 10.2. The van der Waals surface area contributed by atoms with E-state index in [1.807, 2.05) is 17.0 Å². The van der Waals surface area contributed by atoms with Crippen LogP contribution < -0.4 is 0 Å². The number of amides is 1. The molecule has 0 aromatic heterocycles. The van der Waals surface area contributed by atoms with Gasteiger partial charge in [0.1, 0.15) is 0 Å². The molecule has 3 rings (SSSR count). The normalized spacial score (nSPS) is 27.0. The van der Waals surface area contributed by atoms with Gasteiger partial charge in [0.25, 0.3) is 5.91 Å². The van der Waals surface area contributed by atoms with Gasteiger partial charge in [-0.1, -0.05) is 23.7 Å². The molecule has 1 N–H and O–H groups in total. The smallest absolute Gasteiger partial charge is 0.255 e. The lowest BCUT2D eigenvalue weighted by Crippen LogP contribution is -2.53. The maximum Gasteiger partial charge on any atom is 0.255 e. The maximum atomic E-state index is 12.5. The second kappa shape index (κ2) is 6.34. The molecule has 4 nitrogen and oxygen atoms in total. The second-order valence-corrected chi connectivity index (χ2v) is 6.28. The van der Waals surface area contributed by atoms with Crippen LogP contribution in [-0.2, 0) is 0 Å². The summed E-state index contributed by atoms with van der Waals surface area (Å²) < 4.78 is 0. The molecule has 1 aliphatic carbocycles. The Morgan fingerprint density at radius 1 is 1.14 bits per heavy atom. The van der Waals surface area contributed by atoms with Gasteiger partial charge in [0.15, 0.2) is 0 Å². The van der Waals surface area contributed by atoms with E-state index in [0.29, 0.717) is 23.7 Å². The number of aliphatic hydroxyl groups excluding tert-OH is 1. The molecule has 114 valence electrons. The standard InChI is InChI=1S/C16H21ClN2O2/c17-13-5-2-1-4-12(13)16(21)19-10-8-18(9-11-19)14-6-3-7-15(14)20/h1-2,4-5,14-15,20H,3,6-11H2. The maximum absolute atomic E-state index is 12.5. The lowest BCUT2D eigenvalue weighted by atomic mass is 10.1. The highest BCUT2D eigenvalue weighted by Gasteiger charge is 2.33. The third-order valence-corrected chi connectivity index (χ3v) is 4.95. The minimum Gasteiger partial charge on any atom is -0.391 e. The number of benzene rings is 1. The van der Waals surface area contributed by atoms with Crippen LogP contribution in [-0.4, -0.2) is 59.1 Å². The second-order valence-electron chi connectivity index (χ2n) is 5.87. The van der Waals surface area contributed by atoms with E-state index in [0.717, 1.165) is 32.4 Å². The summed E-state index contributed by atoms with van der Waals surface area (Å²) in [6.45, 7) is 3.07. The van der Waals surface area contributed by atoms with Crippen molar-refractivity contribution in [3.05, 3.63) is 34.9 Å². The van der Waals surface area contributed by atoms with Crippen LogP contribution in [0, 0.1) is 0 Å². The van der Waals surface area contributed by atoms with Crippen LogP contribution in [0.4, 0.5) is 0 Å². The summed E-state index contributed by atoms with van der Waals surface area (Å²) >= 11 is 6.10. The molecule has 2 aliphatic rings. The molecule has 1 aliphatic heterocycles. The van der Waals surface area contributed by atoms with Crippen molar-refractivity contribution >= 4 is 17.5 Å². The van der Waals surface area contributed by atoms with Gasteiger partial charge in [0.2, 0.25) is 0 Å². The molecule has 1 aromatic carbocycles. The lowest BCUT2D eigenvalue weighted by molar-refractivity contribution is 0.0316. The zero-order chi connectivity index (χ0) is 14.8. The molecule has 2 atom stereocenters. The van der Waals surface area contributed by atoms with Crippen molar-refractivity contribution in [2.24, 2.45) is 0 Å². The lowest BCUT2D eigenvalue weighted by Gasteiger charge is -2.39. The molecular weight excluding hydrogens is 288 g/mol. The van der Waals surface area contributed by atoms with E-state index in [-0.39, 0.29) is 18.1 Å². The topological polar surface area (TPSA) is 43.8 Å². The highest BCUT2D eigenvalue weighted by atomic mass is 35.5. The molecular formula is C16H21ClN2O2. The minimum atomic E-state index is -0.198. The highest BCUT2D eigenvalue weighted by molar-refractivity contribution is 6.33. The number of rotatable bonds is 2. The molecule has 5 heteroatoms. The fourth-order valence-electron chi connectivity index (χ4n) is 3.41. The number of carbonyl (C=O) groups excluding carboxylic acids is 1. The molecule has 1 amide bonds. The summed E-state index contributed by atoms with van der Waals surface area (Å²) in [5.74, 6) is 0.00669. The number of hydrogen-bond acceptors (Lipinski definition) is 3. The van der Waals surface area contributed by atoms with E-state index in [1.165, 1.54) is 0 Å². The van der Waals surface area contributed by atoms with Crippen molar-refractivity contribution in [3.63, 3.8) is 0 Å². The average molecular weight is 309 g/mol. The molecule has 0 spiro atoms. The van der Waals surface area contributed by atoms with Gasteiger partial charge in [-0.15, -0.1) is 0 Å². The van der Waals surface area contributed by atoms with Crippen molar-refractivity contribution in [2.75, 3.05) is 26.2 Å². The summed E-state index contributed by atoms with van der Waals surface area (Å²) in [7, 11) is 0. The quantitative estimate of drug-likeness (QED) is 0.909. The zero-order valence-corrected chi connectivity index (χ0v) is 12.8. The Morgan fingerprint density at radius 3 is 2.48 bits per heavy atom. The Balaban J connectivity index is 1.61. The monoisotopic (exact) mass is 308 g/mol. The van der Waals surface area contributed by atoms with Crippen molar-refractivity contribution in [1.29, 1.82) is 0 Å². The minimum absolute atomic E-state index is 0.00669. The first kappa shape index (κ1) is 14.8. The van der Waals surface area contributed by atoms with Crippen LogP contribution in [0.1, 0.15) is 29.6 Å². The molecule has 2 fully saturated rings. The van der Waals surface area contributed by atoms with Gasteiger partial charge in [0, 0.05) is 32.2 Å². The van der Waals surface area contributed by atoms with Gasteiger partial charge in [-0.3, -0.25) is 9.69 Å². The largest absolute Gasteiger partial charge is 0.391 e. The average Bonchev–Trinajstić information content (AvgIpc) is 2.93. The first-order valence-electron chi connectivity index (χ1n) is 7.63. The predicted octanol–water partition coefficient (Wildman–Crippen LogP) is 2.01. The van der Waals surface area contributed by atoms with Gasteiger partial charge in [-0.25, -0.2) is 0 Å². The molecule has 0 radical (unpaired) electrons. The third kappa shape index (κ3) is 3.07. The van der Waals surface area contributed by atoms with E-state index in [2.05, 4.69) is 4.90 Å². The van der Waals surface area contributed by atoms with Crippen LogP contribution in [0.25, 0.3) is 0 Å². The van der Waals surface area contributed by atoms with E-state index in [9.17, 15) is 9.90 Å². The van der Waals surface area contributed by atoms with E-state index in [4.69, 9.17) is 11.6 Å². The summed E-state index contributed by atoms with van der Waals surface area (Å²) in [5, 5.41) is 10.5. The summed E-state index contributed by atoms with van der Waals surface area (Å²) in [5.41, 5.74) is 0.577. The number of piperazine rings is 1. The van der Waals surface area contributed by atoms with Gasteiger partial charge in [-0.05, 0) is 31.4 Å². The summed E-state index contributed by atoms with van der Waals surface area (Å²) in [6, 6.07) is 7.48. The van der Waals surface area contributed by atoms with E-state index >= 15 is 0 Å². The molecule has 0 bridgehead atoms. The Hall–Kier alpha value is -1.10. The number of carbonyl (C=O) groups is 1. The number of nitrogens with zero attached hydrogens (tertiary/aromatic N) is 2. The summed E-state index contributed by atoms with van der Waals surface area (Å²) in [6.07, 6.45) is 2.88. The fourth-order valence-corrected chi connectivity index (χ4v) is 3.63. The van der Waals surface area contributed by atoms with Gasteiger partial charge >= 0.3 is 0 Å². The zero-order valence-electron chi connectivity index (χ0n) is 12.0. The van der Waals surface area contributed by atoms with Crippen LogP contribution in [0.2, 0.25) is 5.02 Å². The number of halogens is 1. The van der Waals surface area contributed by atoms with Crippen LogP contribution in [0.3, 0.4) is 0 Å². The Bertz CT molecular complexity index is 515. The van der Waals surface area contributed by atoms with Crippen molar-refractivity contribution < 1.29 is 9.90 Å². The van der Waals surface area contributed by atoms with Crippen molar-refractivity contribution in [3.8, 4) is 0 Å². The fraction of sp³-hybridized carbons (Fsp3) is 0.562. The molecule has 2 unspecified atom stereocenters. The molecule has 21 heavy (non-hydrogen) atoms. The van der Waals surface area contributed by atoms with Crippen molar-refractivity contribution in [2.45, 2.75) is 31.4 Å². The first-order valence-corrected chi connectivity index (χ1v) is 8.00. The van der Waals surface area contributed by atoms with E-state index in [1.54, 1.807) is 12.1 Å². The Morgan fingerprint density at radius 2 is 1.86 bits per heavy atom. The Kier molecular flexibility index (Phi) is 4.48. The van der Waals surface area contributed by atoms with Crippen molar-refractivity contribution in [1.82, 2.24) is 9.80 Å². The Labute approximate surface area is 130 Å². The number of hydrogen-bond donors (Lipinski definition) is 1. The van der Waals surface area contributed by atoms with Gasteiger partial charge in [0.05, 0.1) is 16.7 Å². The van der Waals surface area contributed by atoms with E-state index < -0.39 is 0 Å². The molecule has 1 heterocycles. The SMILES string of the molecule is O=C(c1ccccc1Cl)N1CCN(C2CCCC2O)CC1. The highest BCUT2D eigenvalue weighted by Crippen LogP contribution is 2.25. The molecule has 1 saturated heterocycles.